The van der Waals surface area contributed by atoms with E-state index in [1.807, 2.05) is 0 Å². The van der Waals surface area contributed by atoms with Gasteiger partial charge in [0.1, 0.15) is 48.2 Å². The van der Waals surface area contributed by atoms with Gasteiger partial charge in [-0.05, 0) is 0 Å². The lowest BCUT2D eigenvalue weighted by molar-refractivity contribution is -0.211. The molecule has 0 spiro atoms. The van der Waals surface area contributed by atoms with Gasteiger partial charge in [0.2, 0.25) is 0 Å². The number of nitrogens with one attached hydrogen (secondary N) is 1. The van der Waals surface area contributed by atoms with Gasteiger partial charge in [-0.1, -0.05) is 0 Å². The Morgan fingerprint density at radius 2 is 1.19 bits per heavy atom. The average molecular weight is 504 g/mol. The number of ether oxygens (including phenoxy) is 2. The molecule has 188 valence electrons. The van der Waals surface area contributed by atoms with Crippen molar-refractivity contribution in [3.8, 4) is 0 Å². The van der Waals surface area contributed by atoms with Gasteiger partial charge in [-0.3, -0.25) is 0 Å². The Morgan fingerprint density at radius 1 is 0.625 bits per heavy atom. The van der Waals surface area contributed by atoms with Crippen molar-refractivity contribution in [1.82, 2.24) is 5.32 Å². The number of thioether (sulfide) groups is 2. The monoisotopic (exact) mass is 503 g/mol. The molecule has 3 saturated heterocycles. The van der Waals surface area contributed by atoms with Crippen molar-refractivity contribution in [2.24, 2.45) is 0 Å². The molecular weight excluding hydrogens is 470 g/mol. The zero-order chi connectivity index (χ0) is 23.6. The Labute approximate surface area is 193 Å². The molecule has 3 aliphatic rings. The molecule has 3 aliphatic heterocycles. The van der Waals surface area contributed by atoms with Gasteiger partial charge in [0.25, 0.3) is 0 Å². The number of hydrogen-bond acceptors (Lipinski definition) is 14. The fourth-order valence-corrected chi connectivity index (χ4v) is 6.50. The standard InChI is InChI=1S/C18H33NO11S2/c20-3-7-12(23)16(27)17(28)18(30-7)32-5-9-14(25)15(26)13(24)8(29-9)4-31-10-2-19-1-6(21)11(10)22/h6-28H,1-5H2/t6-,7-,8-,9-,10+,11+,12-,13-,14-,15-,16+,17+,18-/m1/s1. The second-order valence-corrected chi connectivity index (χ2v) is 10.7. The highest BCUT2D eigenvalue weighted by molar-refractivity contribution is 8.00. The maximum absolute atomic E-state index is 10.3. The summed E-state index contributed by atoms with van der Waals surface area (Å²) >= 11 is 2.24. The maximum Gasteiger partial charge on any atom is 0.132 e. The van der Waals surface area contributed by atoms with Gasteiger partial charge in [-0.15, -0.1) is 11.8 Å². The zero-order valence-corrected chi connectivity index (χ0v) is 18.8. The quantitative estimate of drug-likeness (QED) is 0.157. The van der Waals surface area contributed by atoms with Gasteiger partial charge in [0, 0.05) is 29.8 Å². The summed E-state index contributed by atoms with van der Waals surface area (Å²) in [6, 6.07) is 0. The van der Waals surface area contributed by atoms with Crippen LogP contribution in [-0.2, 0) is 9.47 Å². The van der Waals surface area contributed by atoms with Crippen molar-refractivity contribution in [3.63, 3.8) is 0 Å². The Kier molecular flexibility index (Phi) is 9.86. The number of hydrogen-bond donors (Lipinski definition) is 10. The van der Waals surface area contributed by atoms with Crippen molar-refractivity contribution in [2.45, 2.75) is 77.8 Å². The SMILES string of the molecule is OC[C@H]1O[C@H](SC[C@H]2O[C@H](CS[C@H]3CNC[C@@H](O)[C@@H]3O)[C@@H](O)[C@@H](O)[C@@H]2O)[C@@H](O)[C@@H](O)[C@@H]1O. The van der Waals surface area contributed by atoms with E-state index in [9.17, 15) is 46.0 Å². The lowest BCUT2D eigenvalue weighted by Gasteiger charge is -2.43. The van der Waals surface area contributed by atoms with E-state index in [0.29, 0.717) is 6.54 Å². The second kappa shape index (κ2) is 11.8. The number of rotatable bonds is 7. The lowest BCUT2D eigenvalue weighted by Crippen LogP contribution is -2.60. The van der Waals surface area contributed by atoms with Crippen LogP contribution in [0, 0.1) is 0 Å². The fourth-order valence-electron chi connectivity index (χ4n) is 3.94. The van der Waals surface area contributed by atoms with E-state index in [1.165, 1.54) is 11.8 Å². The Morgan fingerprint density at radius 3 is 1.81 bits per heavy atom. The molecule has 3 fully saturated rings. The molecule has 3 heterocycles. The summed E-state index contributed by atoms with van der Waals surface area (Å²) in [6.07, 6.45) is -13.5. The molecule has 32 heavy (non-hydrogen) atoms. The van der Waals surface area contributed by atoms with Crippen LogP contribution >= 0.6 is 23.5 Å². The first-order valence-corrected chi connectivity index (χ1v) is 12.6. The first kappa shape index (κ1) is 26.8. The van der Waals surface area contributed by atoms with Crippen LogP contribution in [-0.4, -0.2) is 155 Å². The minimum atomic E-state index is -1.53. The molecule has 0 aromatic carbocycles. The van der Waals surface area contributed by atoms with E-state index in [2.05, 4.69) is 5.32 Å². The minimum Gasteiger partial charge on any atom is -0.394 e. The van der Waals surface area contributed by atoms with Crippen LogP contribution in [0.25, 0.3) is 0 Å². The number of aliphatic hydroxyl groups excluding tert-OH is 9. The Hall–Kier alpha value is 0.220. The van der Waals surface area contributed by atoms with Gasteiger partial charge in [0.05, 0.1) is 31.0 Å². The van der Waals surface area contributed by atoms with Crippen LogP contribution in [0.2, 0.25) is 0 Å². The van der Waals surface area contributed by atoms with E-state index in [0.717, 1.165) is 11.8 Å². The third-order valence-corrected chi connectivity index (χ3v) is 8.67. The molecule has 10 N–H and O–H groups in total. The van der Waals surface area contributed by atoms with Crippen molar-refractivity contribution in [3.05, 3.63) is 0 Å². The minimum absolute atomic E-state index is 0.0150. The molecule has 0 aromatic heterocycles. The van der Waals surface area contributed by atoms with Gasteiger partial charge in [0.15, 0.2) is 0 Å². The van der Waals surface area contributed by atoms with E-state index < -0.39 is 79.2 Å². The Balaban J connectivity index is 1.56. The number of piperidine rings is 1. The van der Waals surface area contributed by atoms with Crippen LogP contribution < -0.4 is 5.32 Å². The summed E-state index contributed by atoms with van der Waals surface area (Å²) < 4.78 is 11.2. The van der Waals surface area contributed by atoms with Crippen molar-refractivity contribution in [1.29, 1.82) is 0 Å². The smallest absolute Gasteiger partial charge is 0.132 e. The predicted octanol–water partition coefficient (Wildman–Crippen LogP) is -5.20. The van der Waals surface area contributed by atoms with Crippen LogP contribution in [0.3, 0.4) is 0 Å². The van der Waals surface area contributed by atoms with E-state index in [-0.39, 0.29) is 23.3 Å². The van der Waals surface area contributed by atoms with Crippen LogP contribution in [0.15, 0.2) is 0 Å². The molecule has 13 atom stereocenters. The van der Waals surface area contributed by atoms with Crippen molar-refractivity contribution >= 4 is 23.5 Å². The van der Waals surface area contributed by atoms with Gasteiger partial charge in [-0.2, -0.15) is 11.8 Å². The molecule has 0 amide bonds. The molecule has 0 bridgehead atoms. The largest absolute Gasteiger partial charge is 0.394 e. The summed E-state index contributed by atoms with van der Waals surface area (Å²) in [5.74, 6) is 0.198. The topological polar surface area (TPSA) is 213 Å². The van der Waals surface area contributed by atoms with Crippen LogP contribution in [0.4, 0.5) is 0 Å². The van der Waals surface area contributed by atoms with Gasteiger partial charge < -0.3 is 60.7 Å². The molecule has 3 rings (SSSR count). The molecule has 0 radical (unpaired) electrons. The molecule has 12 nitrogen and oxygen atoms in total. The third kappa shape index (κ3) is 5.88. The molecule has 0 unspecified atom stereocenters. The van der Waals surface area contributed by atoms with E-state index in [1.54, 1.807) is 0 Å². The first-order chi connectivity index (χ1) is 15.1. The molecule has 0 saturated carbocycles. The van der Waals surface area contributed by atoms with E-state index >= 15 is 0 Å². The lowest BCUT2D eigenvalue weighted by atomic mass is 9.96. The van der Waals surface area contributed by atoms with Crippen molar-refractivity contribution < 1.29 is 55.4 Å². The van der Waals surface area contributed by atoms with Crippen molar-refractivity contribution in [2.75, 3.05) is 31.2 Å². The normalized spacial score (nSPS) is 50.3. The highest BCUT2D eigenvalue weighted by Gasteiger charge is 2.47. The molecule has 0 aliphatic carbocycles. The van der Waals surface area contributed by atoms with Crippen LogP contribution in [0.5, 0.6) is 0 Å². The van der Waals surface area contributed by atoms with Gasteiger partial charge in [-0.25, -0.2) is 0 Å². The van der Waals surface area contributed by atoms with Crippen LogP contribution in [0.1, 0.15) is 0 Å². The number of aliphatic hydroxyl groups is 9. The average Bonchev–Trinajstić information content (AvgIpc) is 2.78. The third-order valence-electron chi connectivity index (χ3n) is 6.03. The van der Waals surface area contributed by atoms with E-state index in [4.69, 9.17) is 9.47 Å². The summed E-state index contributed by atoms with van der Waals surface area (Å²) in [4.78, 5) is 0. The highest BCUT2D eigenvalue weighted by Crippen LogP contribution is 2.33. The summed E-state index contributed by atoms with van der Waals surface area (Å²) in [6.45, 7) is 0.168. The maximum atomic E-state index is 10.3. The zero-order valence-electron chi connectivity index (χ0n) is 17.2. The highest BCUT2D eigenvalue weighted by atomic mass is 32.2. The van der Waals surface area contributed by atoms with Gasteiger partial charge >= 0.3 is 0 Å². The summed E-state index contributed by atoms with van der Waals surface area (Å²) in [5, 5.41) is 92.7. The fraction of sp³-hybridized carbons (Fsp3) is 1.00. The summed E-state index contributed by atoms with van der Waals surface area (Å²) in [7, 11) is 0. The Bertz CT molecular complexity index is 593. The number of β-amino-alcohol motifs (C(OH)–C–C–N with tert-alkyl or cyclic N) is 1. The predicted molar refractivity (Wildman–Crippen MR) is 114 cm³/mol. The molecular formula is C18H33NO11S2. The second-order valence-electron chi connectivity index (χ2n) is 8.30. The first-order valence-electron chi connectivity index (χ1n) is 10.5. The molecule has 14 heteroatoms. The molecule has 0 aromatic rings. The summed E-state index contributed by atoms with van der Waals surface area (Å²) in [5.41, 5.74) is -1.02.